The highest BCUT2D eigenvalue weighted by molar-refractivity contribution is 5.61. The molecule has 0 bridgehead atoms. The minimum absolute atomic E-state index is 0.0694. The number of para-hydroxylation sites is 1. The number of aromatic hydroxyl groups is 1. The van der Waals surface area contributed by atoms with Crippen molar-refractivity contribution in [3.05, 3.63) is 101 Å². The Labute approximate surface area is 150 Å². The third-order valence-corrected chi connectivity index (χ3v) is 3.48. The van der Waals surface area contributed by atoms with Gasteiger partial charge in [0.1, 0.15) is 5.75 Å². The predicted molar refractivity (Wildman–Crippen MR) is 102 cm³/mol. The quantitative estimate of drug-likeness (QED) is 0.579. The number of phenolic OH excluding ortho intramolecular Hbond substituents is 1. The van der Waals surface area contributed by atoms with Crippen molar-refractivity contribution < 1.29 is 5.11 Å². The lowest BCUT2D eigenvalue weighted by molar-refractivity contribution is 0.475. The van der Waals surface area contributed by atoms with Crippen LogP contribution in [0.15, 0.2) is 96.1 Å². The zero-order valence-corrected chi connectivity index (χ0v) is 13.9. The fourth-order valence-corrected chi connectivity index (χ4v) is 2.29. The van der Waals surface area contributed by atoms with Gasteiger partial charge in [0, 0.05) is 24.5 Å². The molecule has 1 aromatic carbocycles. The molecular formula is C21H17N3O2. The molecule has 0 unspecified atom stereocenters. The van der Waals surface area contributed by atoms with Crippen molar-refractivity contribution in [1.82, 2.24) is 15.0 Å². The molecule has 0 fully saturated rings. The summed E-state index contributed by atoms with van der Waals surface area (Å²) in [6.45, 7) is 0. The van der Waals surface area contributed by atoms with Gasteiger partial charge in [-0.3, -0.25) is 14.8 Å². The lowest BCUT2D eigenvalue weighted by Crippen LogP contribution is -2.03. The smallest absolute Gasteiger partial charge is 0.182 e. The summed E-state index contributed by atoms with van der Waals surface area (Å²) >= 11 is 0. The second-order valence-electron chi connectivity index (χ2n) is 5.41. The summed E-state index contributed by atoms with van der Waals surface area (Å²) in [5.41, 5.74) is 2.78. The second-order valence-corrected chi connectivity index (χ2v) is 5.41. The standard InChI is InChI=1S/C15H11N3O.C6H6O/c19-11-9-14(12-5-1-3-7-16-12)18-15(10-11)13-6-2-4-8-17-13;7-6-4-2-1-3-5-6/h1-10H,(H,18,19);1-5,7H. The number of rotatable bonds is 2. The molecule has 3 aromatic heterocycles. The number of aromatic nitrogens is 3. The van der Waals surface area contributed by atoms with Gasteiger partial charge in [0.15, 0.2) is 5.43 Å². The normalized spacial score (nSPS) is 9.85. The molecule has 0 spiro atoms. The van der Waals surface area contributed by atoms with Gasteiger partial charge in [-0.15, -0.1) is 0 Å². The van der Waals surface area contributed by atoms with Crippen LogP contribution in [0, 0.1) is 0 Å². The lowest BCUT2D eigenvalue weighted by atomic mass is 10.2. The molecule has 0 aliphatic heterocycles. The van der Waals surface area contributed by atoms with Gasteiger partial charge in [-0.2, -0.15) is 0 Å². The molecule has 5 nitrogen and oxygen atoms in total. The fraction of sp³-hybridized carbons (Fsp3) is 0. The number of benzene rings is 1. The zero-order valence-electron chi connectivity index (χ0n) is 13.9. The van der Waals surface area contributed by atoms with E-state index in [9.17, 15) is 4.79 Å². The number of pyridine rings is 3. The third kappa shape index (κ3) is 4.64. The summed E-state index contributed by atoms with van der Waals surface area (Å²) in [5, 5.41) is 8.63. The van der Waals surface area contributed by atoms with E-state index in [0.29, 0.717) is 17.1 Å². The van der Waals surface area contributed by atoms with Crippen molar-refractivity contribution in [3.8, 4) is 28.5 Å². The average Bonchev–Trinajstić information content (AvgIpc) is 2.70. The summed E-state index contributed by atoms with van der Waals surface area (Å²) in [4.78, 5) is 23.4. The van der Waals surface area contributed by atoms with Gasteiger partial charge in [0.25, 0.3) is 0 Å². The van der Waals surface area contributed by atoms with Crippen molar-refractivity contribution in [2.75, 3.05) is 0 Å². The first-order valence-corrected chi connectivity index (χ1v) is 8.03. The highest BCUT2D eigenvalue weighted by Crippen LogP contribution is 2.17. The first-order chi connectivity index (χ1) is 12.7. The van der Waals surface area contributed by atoms with Crippen molar-refractivity contribution in [2.24, 2.45) is 0 Å². The SMILES string of the molecule is O=c1cc(-c2ccccn2)[nH]c(-c2ccccn2)c1.Oc1ccccc1. The first-order valence-electron chi connectivity index (χ1n) is 8.03. The van der Waals surface area contributed by atoms with Crippen LogP contribution in [0.2, 0.25) is 0 Å². The molecule has 0 radical (unpaired) electrons. The Kier molecular flexibility index (Phi) is 5.52. The minimum atomic E-state index is -0.0694. The van der Waals surface area contributed by atoms with Crippen LogP contribution < -0.4 is 5.43 Å². The molecule has 2 N–H and O–H groups in total. The number of nitrogens with zero attached hydrogens (tertiary/aromatic N) is 2. The van der Waals surface area contributed by atoms with E-state index in [1.807, 2.05) is 42.5 Å². The van der Waals surface area contributed by atoms with E-state index in [1.54, 1.807) is 36.7 Å². The van der Waals surface area contributed by atoms with Gasteiger partial charge in [-0.1, -0.05) is 30.3 Å². The molecule has 128 valence electrons. The Bertz CT molecular complexity index is 941. The van der Waals surface area contributed by atoms with Crippen molar-refractivity contribution in [1.29, 1.82) is 0 Å². The maximum Gasteiger partial charge on any atom is 0.182 e. The Balaban J connectivity index is 0.000000236. The van der Waals surface area contributed by atoms with Gasteiger partial charge >= 0.3 is 0 Å². The predicted octanol–water partition coefficient (Wildman–Crippen LogP) is 3.89. The number of phenols is 1. The highest BCUT2D eigenvalue weighted by atomic mass is 16.3. The van der Waals surface area contributed by atoms with Gasteiger partial charge in [-0.25, -0.2) is 0 Å². The second kappa shape index (κ2) is 8.39. The Morgan fingerprint density at radius 3 is 1.58 bits per heavy atom. The molecule has 5 heteroatoms. The van der Waals surface area contributed by atoms with Crippen LogP contribution >= 0.6 is 0 Å². The van der Waals surface area contributed by atoms with Crippen LogP contribution in [-0.2, 0) is 0 Å². The molecule has 4 aromatic rings. The molecule has 0 atom stereocenters. The van der Waals surface area contributed by atoms with Crippen LogP contribution in [-0.4, -0.2) is 20.1 Å². The number of nitrogens with one attached hydrogen (secondary N) is 1. The molecule has 0 aliphatic carbocycles. The number of hydrogen-bond acceptors (Lipinski definition) is 4. The average molecular weight is 343 g/mol. The van der Waals surface area contributed by atoms with Gasteiger partial charge < -0.3 is 10.1 Å². The molecule has 4 rings (SSSR count). The van der Waals surface area contributed by atoms with Gasteiger partial charge in [0.05, 0.1) is 22.8 Å². The Morgan fingerprint density at radius 2 is 1.19 bits per heavy atom. The summed E-state index contributed by atoms with van der Waals surface area (Å²) < 4.78 is 0. The summed E-state index contributed by atoms with van der Waals surface area (Å²) in [6.07, 6.45) is 3.39. The summed E-state index contributed by atoms with van der Waals surface area (Å²) in [6, 6.07) is 22.9. The van der Waals surface area contributed by atoms with Crippen LogP contribution in [0.1, 0.15) is 0 Å². The lowest BCUT2D eigenvalue weighted by Gasteiger charge is -2.05. The topological polar surface area (TPSA) is 78.9 Å². The first kappa shape index (κ1) is 17.1. The summed E-state index contributed by atoms with van der Waals surface area (Å²) in [5.74, 6) is 0.322. The number of aromatic amines is 1. The fourth-order valence-electron chi connectivity index (χ4n) is 2.29. The Morgan fingerprint density at radius 1 is 0.692 bits per heavy atom. The molecule has 0 amide bonds. The van der Waals surface area contributed by atoms with Crippen molar-refractivity contribution in [2.45, 2.75) is 0 Å². The Hall–Kier alpha value is -3.73. The van der Waals surface area contributed by atoms with Gasteiger partial charge in [-0.05, 0) is 36.4 Å². The van der Waals surface area contributed by atoms with Crippen LogP contribution in [0.25, 0.3) is 22.8 Å². The van der Waals surface area contributed by atoms with E-state index in [-0.39, 0.29) is 5.43 Å². The molecule has 0 saturated heterocycles. The maximum atomic E-state index is 11.8. The van der Waals surface area contributed by atoms with Crippen molar-refractivity contribution >= 4 is 0 Å². The van der Waals surface area contributed by atoms with Gasteiger partial charge in [0.2, 0.25) is 0 Å². The molecule has 26 heavy (non-hydrogen) atoms. The zero-order chi connectivity index (χ0) is 18.2. The molecular weight excluding hydrogens is 326 g/mol. The highest BCUT2D eigenvalue weighted by Gasteiger charge is 2.05. The van der Waals surface area contributed by atoms with E-state index in [0.717, 1.165) is 11.4 Å². The van der Waals surface area contributed by atoms with E-state index in [2.05, 4.69) is 15.0 Å². The molecule has 0 saturated carbocycles. The molecule has 0 aliphatic rings. The number of H-pyrrole nitrogens is 1. The molecule has 3 heterocycles. The van der Waals surface area contributed by atoms with Crippen LogP contribution in [0.3, 0.4) is 0 Å². The third-order valence-electron chi connectivity index (χ3n) is 3.48. The summed E-state index contributed by atoms with van der Waals surface area (Å²) in [7, 11) is 0. The van der Waals surface area contributed by atoms with E-state index in [1.165, 1.54) is 12.1 Å². The maximum absolute atomic E-state index is 11.8. The van der Waals surface area contributed by atoms with Crippen LogP contribution in [0.5, 0.6) is 5.75 Å². The largest absolute Gasteiger partial charge is 0.508 e. The van der Waals surface area contributed by atoms with E-state index >= 15 is 0 Å². The van der Waals surface area contributed by atoms with Crippen molar-refractivity contribution in [3.63, 3.8) is 0 Å². The monoisotopic (exact) mass is 343 g/mol. The van der Waals surface area contributed by atoms with E-state index in [4.69, 9.17) is 5.11 Å². The van der Waals surface area contributed by atoms with E-state index < -0.39 is 0 Å². The number of hydrogen-bond donors (Lipinski definition) is 2. The minimum Gasteiger partial charge on any atom is -0.508 e. The van der Waals surface area contributed by atoms with Crippen LogP contribution in [0.4, 0.5) is 0 Å².